The van der Waals surface area contributed by atoms with Gasteiger partial charge in [-0.3, -0.25) is 4.79 Å². The van der Waals surface area contributed by atoms with Crippen LogP contribution in [0, 0.1) is 12.7 Å². The van der Waals surface area contributed by atoms with Crippen molar-refractivity contribution in [2.45, 2.75) is 6.92 Å². The number of hydrogen-bond donors (Lipinski definition) is 1. The number of aryl methyl sites for hydroxylation is 1. The summed E-state index contributed by atoms with van der Waals surface area (Å²) in [5.74, 6) is 0.0993. The Balaban J connectivity index is 1.89. The zero-order valence-electron chi connectivity index (χ0n) is 11.3. The summed E-state index contributed by atoms with van der Waals surface area (Å²) in [5.41, 5.74) is 0.167. The van der Waals surface area contributed by atoms with Crippen molar-refractivity contribution in [3.63, 3.8) is 0 Å². The van der Waals surface area contributed by atoms with Gasteiger partial charge in [0.25, 0.3) is 5.91 Å². The first-order chi connectivity index (χ1) is 10.5. The van der Waals surface area contributed by atoms with Gasteiger partial charge in [-0.05, 0) is 36.9 Å². The number of aromatic nitrogens is 1. The van der Waals surface area contributed by atoms with Crippen LogP contribution in [0.2, 0.25) is 5.02 Å². The maximum absolute atomic E-state index is 13.8. The van der Waals surface area contributed by atoms with E-state index in [1.807, 2.05) is 0 Å². The van der Waals surface area contributed by atoms with E-state index in [1.54, 1.807) is 19.1 Å². The van der Waals surface area contributed by atoms with E-state index in [4.69, 9.17) is 16.1 Å². The molecule has 0 aliphatic carbocycles. The third-order valence-corrected chi connectivity index (χ3v) is 4.00. The second-order valence-electron chi connectivity index (χ2n) is 4.41. The lowest BCUT2D eigenvalue weighted by Crippen LogP contribution is -2.19. The molecule has 0 atom stereocenters. The van der Waals surface area contributed by atoms with E-state index < -0.39 is 5.82 Å². The third-order valence-electron chi connectivity index (χ3n) is 2.76. The number of carbonyl (C=O) groups excluding carboxylic acids is 1. The molecular weight excluding hydrogens is 329 g/mol. The van der Waals surface area contributed by atoms with Gasteiger partial charge in [0, 0.05) is 11.6 Å². The molecule has 2 heterocycles. The van der Waals surface area contributed by atoms with E-state index >= 15 is 0 Å². The topological polar surface area (TPSA) is 67.5 Å². The average molecular weight is 338 g/mol. The van der Waals surface area contributed by atoms with E-state index in [0.717, 1.165) is 11.8 Å². The molecule has 2 aromatic rings. The summed E-state index contributed by atoms with van der Waals surface area (Å²) in [6.45, 7) is 1.74. The SMILES string of the molecule is Cc1cc(N=C2NC(=O)/C(=C\c3c(F)cccc3Cl)S2)no1. The number of amides is 1. The summed E-state index contributed by atoms with van der Waals surface area (Å²) in [6, 6.07) is 5.97. The van der Waals surface area contributed by atoms with Crippen LogP contribution in [-0.4, -0.2) is 16.2 Å². The normalized spacial score (nSPS) is 18.2. The fourth-order valence-corrected chi connectivity index (χ4v) is 2.80. The Hall–Kier alpha value is -2.12. The van der Waals surface area contributed by atoms with E-state index in [9.17, 15) is 9.18 Å². The number of aliphatic imine (C=N–C) groups is 1. The quantitative estimate of drug-likeness (QED) is 0.849. The Kier molecular flexibility index (Phi) is 4.00. The first-order valence-corrected chi connectivity index (χ1v) is 7.39. The molecule has 1 aromatic carbocycles. The summed E-state index contributed by atoms with van der Waals surface area (Å²) >= 11 is 7.02. The molecular formula is C14H9ClFN3O2S. The van der Waals surface area contributed by atoms with E-state index in [1.165, 1.54) is 18.2 Å². The number of benzene rings is 1. The Morgan fingerprint density at radius 1 is 1.50 bits per heavy atom. The fourth-order valence-electron chi connectivity index (χ4n) is 1.77. The Morgan fingerprint density at radius 3 is 3.00 bits per heavy atom. The van der Waals surface area contributed by atoms with E-state index in [-0.39, 0.29) is 16.5 Å². The van der Waals surface area contributed by atoms with Crippen molar-refractivity contribution < 1.29 is 13.7 Å². The maximum Gasteiger partial charge on any atom is 0.264 e. The highest BCUT2D eigenvalue weighted by Gasteiger charge is 2.25. The predicted molar refractivity (Wildman–Crippen MR) is 83.5 cm³/mol. The molecule has 112 valence electrons. The van der Waals surface area contributed by atoms with Crippen molar-refractivity contribution in [2.24, 2.45) is 4.99 Å². The maximum atomic E-state index is 13.8. The van der Waals surface area contributed by atoms with E-state index in [2.05, 4.69) is 15.5 Å². The Bertz CT molecular complexity index is 796. The summed E-state index contributed by atoms with van der Waals surface area (Å²) in [5, 5.41) is 6.87. The highest BCUT2D eigenvalue weighted by atomic mass is 35.5. The van der Waals surface area contributed by atoms with Gasteiger partial charge in [-0.2, -0.15) is 0 Å². The third kappa shape index (κ3) is 3.05. The second-order valence-corrected chi connectivity index (χ2v) is 5.85. The first-order valence-electron chi connectivity index (χ1n) is 6.20. The summed E-state index contributed by atoms with van der Waals surface area (Å²) in [4.78, 5) is 16.4. The molecule has 1 amide bonds. The van der Waals surface area contributed by atoms with Crippen molar-refractivity contribution in [1.82, 2.24) is 10.5 Å². The van der Waals surface area contributed by atoms with Crippen LogP contribution in [0.3, 0.4) is 0 Å². The van der Waals surface area contributed by atoms with Gasteiger partial charge < -0.3 is 9.84 Å². The van der Waals surface area contributed by atoms with Crippen LogP contribution in [0.15, 0.2) is 38.7 Å². The smallest absolute Gasteiger partial charge is 0.264 e. The standard InChI is InChI=1S/C14H9ClFN3O2S/c1-7-5-12(19-21-7)17-14-18-13(20)11(22-14)6-8-9(15)3-2-4-10(8)16/h2-6H,1H3,(H,17,18,19,20)/b11-6+. The number of nitrogens with one attached hydrogen (secondary N) is 1. The molecule has 0 saturated carbocycles. The van der Waals surface area contributed by atoms with Crippen molar-refractivity contribution in [2.75, 3.05) is 0 Å². The van der Waals surface area contributed by atoms with E-state index in [0.29, 0.717) is 21.7 Å². The molecule has 0 radical (unpaired) electrons. The molecule has 1 aromatic heterocycles. The number of amidine groups is 1. The molecule has 1 aliphatic rings. The number of carbonyl (C=O) groups is 1. The van der Waals surface area contributed by atoms with Crippen LogP contribution in [0.5, 0.6) is 0 Å². The molecule has 8 heteroatoms. The monoisotopic (exact) mass is 337 g/mol. The molecule has 1 fully saturated rings. The number of nitrogens with zero attached hydrogens (tertiary/aromatic N) is 2. The lowest BCUT2D eigenvalue weighted by Gasteiger charge is -2.00. The molecule has 1 saturated heterocycles. The lowest BCUT2D eigenvalue weighted by atomic mass is 10.2. The molecule has 0 unspecified atom stereocenters. The molecule has 1 N–H and O–H groups in total. The van der Waals surface area contributed by atoms with Gasteiger partial charge in [0.2, 0.25) is 0 Å². The summed E-state index contributed by atoms with van der Waals surface area (Å²) in [6.07, 6.45) is 1.40. The number of hydrogen-bond acceptors (Lipinski definition) is 5. The van der Waals surface area contributed by atoms with Gasteiger partial charge in [0.1, 0.15) is 11.6 Å². The number of halogens is 2. The first kappa shape index (κ1) is 14.8. The minimum atomic E-state index is -0.495. The highest BCUT2D eigenvalue weighted by molar-refractivity contribution is 8.18. The summed E-state index contributed by atoms with van der Waals surface area (Å²) in [7, 11) is 0. The zero-order valence-corrected chi connectivity index (χ0v) is 12.8. The van der Waals surface area contributed by atoms with Crippen LogP contribution in [0.1, 0.15) is 11.3 Å². The van der Waals surface area contributed by atoms with Gasteiger partial charge in [0.05, 0.1) is 9.93 Å². The molecule has 1 aliphatic heterocycles. The number of rotatable bonds is 2. The molecule has 0 bridgehead atoms. The van der Waals surface area contributed by atoms with Gasteiger partial charge in [-0.15, -0.1) is 0 Å². The molecule has 5 nitrogen and oxygen atoms in total. The van der Waals surface area contributed by atoms with Gasteiger partial charge in [0.15, 0.2) is 11.0 Å². The minimum Gasteiger partial charge on any atom is -0.359 e. The van der Waals surface area contributed by atoms with Gasteiger partial charge in [-0.25, -0.2) is 9.38 Å². The van der Waals surface area contributed by atoms with Crippen LogP contribution < -0.4 is 5.32 Å². The number of thioether (sulfide) groups is 1. The lowest BCUT2D eigenvalue weighted by molar-refractivity contribution is -0.115. The van der Waals surface area contributed by atoms with Crippen LogP contribution in [0.4, 0.5) is 10.2 Å². The average Bonchev–Trinajstić information content (AvgIpc) is 3.01. The van der Waals surface area contributed by atoms with Crippen LogP contribution in [-0.2, 0) is 4.79 Å². The predicted octanol–water partition coefficient (Wildman–Crippen LogP) is 3.67. The largest absolute Gasteiger partial charge is 0.359 e. The minimum absolute atomic E-state index is 0.167. The molecule has 22 heavy (non-hydrogen) atoms. The van der Waals surface area contributed by atoms with Crippen molar-refractivity contribution in [1.29, 1.82) is 0 Å². The Morgan fingerprint density at radius 2 is 2.32 bits per heavy atom. The van der Waals surface area contributed by atoms with Crippen LogP contribution >= 0.6 is 23.4 Å². The molecule has 3 rings (SSSR count). The van der Waals surface area contributed by atoms with Crippen molar-refractivity contribution >= 4 is 46.3 Å². The second kappa shape index (κ2) is 5.94. The van der Waals surface area contributed by atoms with Crippen molar-refractivity contribution in [3.8, 4) is 0 Å². The van der Waals surface area contributed by atoms with Gasteiger partial charge >= 0.3 is 0 Å². The van der Waals surface area contributed by atoms with Crippen LogP contribution in [0.25, 0.3) is 6.08 Å². The van der Waals surface area contributed by atoms with Crippen molar-refractivity contribution in [3.05, 3.63) is 51.3 Å². The Labute approximate surface area is 134 Å². The highest BCUT2D eigenvalue weighted by Crippen LogP contribution is 2.30. The molecule has 0 spiro atoms. The summed E-state index contributed by atoms with van der Waals surface area (Å²) < 4.78 is 18.6. The zero-order chi connectivity index (χ0) is 15.7. The van der Waals surface area contributed by atoms with Gasteiger partial charge in [-0.1, -0.05) is 22.8 Å². The fraction of sp³-hybridized carbons (Fsp3) is 0.0714.